The molecular weight excluding hydrogens is 490 g/mol. The molecule has 3 atom stereocenters. The molecule has 0 radical (unpaired) electrons. The molecule has 0 spiro atoms. The number of carbonyl (C=O) groups excluding carboxylic acids is 4. The first kappa shape index (κ1) is 33.1. The van der Waals surface area contributed by atoms with Crippen LogP contribution in [0.4, 0.5) is 0 Å². The number of ether oxygens (including phenoxy) is 4. The van der Waals surface area contributed by atoms with E-state index in [-0.39, 0.29) is 60.7 Å². The Labute approximate surface area is 226 Å². The van der Waals surface area contributed by atoms with E-state index in [1.54, 1.807) is 52.8 Å². The van der Waals surface area contributed by atoms with E-state index in [0.717, 1.165) is 0 Å². The first-order valence-electron chi connectivity index (χ1n) is 13.1. The highest BCUT2D eigenvalue weighted by Gasteiger charge is 2.26. The summed E-state index contributed by atoms with van der Waals surface area (Å²) >= 11 is 0. The lowest BCUT2D eigenvalue weighted by Crippen LogP contribution is -2.41. The van der Waals surface area contributed by atoms with E-state index >= 15 is 0 Å². The minimum atomic E-state index is -0.749. The fourth-order valence-corrected chi connectivity index (χ4v) is 3.00. The van der Waals surface area contributed by atoms with Gasteiger partial charge >= 0.3 is 23.9 Å². The van der Waals surface area contributed by atoms with Crippen LogP contribution in [0.1, 0.15) is 67.9 Å². The lowest BCUT2D eigenvalue weighted by Gasteiger charge is -2.20. The van der Waals surface area contributed by atoms with E-state index in [2.05, 4.69) is 5.32 Å². The van der Waals surface area contributed by atoms with Gasteiger partial charge in [0.25, 0.3) is 0 Å². The summed E-state index contributed by atoms with van der Waals surface area (Å²) in [4.78, 5) is 49.8. The Kier molecular flexibility index (Phi) is 12.9. The predicted molar refractivity (Wildman–Crippen MR) is 144 cm³/mol. The third kappa shape index (κ3) is 10.4. The lowest BCUT2D eigenvalue weighted by atomic mass is 9.97. The molecular formula is C29H45NO8. The number of hydrogen-bond acceptors (Lipinski definition) is 9. The van der Waals surface area contributed by atoms with Crippen molar-refractivity contribution in [3.05, 3.63) is 23.8 Å². The van der Waals surface area contributed by atoms with Gasteiger partial charge in [0.15, 0.2) is 11.5 Å². The van der Waals surface area contributed by atoms with Crippen molar-refractivity contribution in [3.63, 3.8) is 0 Å². The zero-order chi connectivity index (χ0) is 29.2. The van der Waals surface area contributed by atoms with Gasteiger partial charge < -0.3 is 24.3 Å². The fraction of sp³-hybridized carbons (Fsp3) is 0.655. The largest absolute Gasteiger partial charge is 0.468 e. The third-order valence-corrected chi connectivity index (χ3v) is 6.44. The van der Waals surface area contributed by atoms with Gasteiger partial charge in [0, 0.05) is 6.54 Å². The Bertz CT molecular complexity index is 964. The molecule has 0 fully saturated rings. The number of methoxy groups -OCH3 is 1. The molecule has 0 aliphatic heterocycles. The SMILES string of the molecule is COC(=O)[C@H](Cc1ccc(OC(=O)C(C)C(C)C)c(OC(=O)C(C)C(C)C)c1)NCCOC(=O)C(C)(C)C. The average Bonchev–Trinajstić information content (AvgIpc) is 2.84. The van der Waals surface area contributed by atoms with Crippen LogP contribution < -0.4 is 14.8 Å². The van der Waals surface area contributed by atoms with Gasteiger partial charge in [-0.3, -0.25) is 19.2 Å². The van der Waals surface area contributed by atoms with Crippen molar-refractivity contribution in [3.8, 4) is 11.5 Å². The monoisotopic (exact) mass is 535 g/mol. The van der Waals surface area contributed by atoms with Crippen molar-refractivity contribution in [2.24, 2.45) is 29.1 Å². The fourth-order valence-electron chi connectivity index (χ4n) is 3.00. The molecule has 38 heavy (non-hydrogen) atoms. The molecule has 0 aromatic heterocycles. The Morgan fingerprint density at radius 1 is 0.816 bits per heavy atom. The molecule has 1 N–H and O–H groups in total. The van der Waals surface area contributed by atoms with E-state index < -0.39 is 29.4 Å². The standard InChI is InChI=1S/C29H45NO8/c1-17(2)19(5)25(31)37-23-12-11-21(16-24(23)38-26(32)20(6)18(3)4)15-22(27(33)35-10)30-13-14-36-28(34)29(7,8)9/h11-12,16-20,22,30H,13-15H2,1-10H3/t19?,20?,22-/m0/s1. The summed E-state index contributed by atoms with van der Waals surface area (Å²) in [5.74, 6) is -2.09. The van der Waals surface area contributed by atoms with Crippen LogP contribution in [-0.4, -0.2) is 50.2 Å². The molecule has 0 saturated heterocycles. The van der Waals surface area contributed by atoms with E-state index in [9.17, 15) is 19.2 Å². The van der Waals surface area contributed by atoms with Crippen LogP contribution in [0.3, 0.4) is 0 Å². The van der Waals surface area contributed by atoms with Gasteiger partial charge in [0.1, 0.15) is 12.6 Å². The minimum absolute atomic E-state index is 0.0536. The highest BCUT2D eigenvalue weighted by atomic mass is 16.6. The maximum atomic E-state index is 12.7. The smallest absolute Gasteiger partial charge is 0.323 e. The Morgan fingerprint density at radius 2 is 1.34 bits per heavy atom. The number of nitrogens with one attached hydrogen (secondary N) is 1. The molecule has 2 unspecified atom stereocenters. The molecule has 0 aliphatic carbocycles. The topological polar surface area (TPSA) is 117 Å². The molecule has 0 amide bonds. The highest BCUT2D eigenvalue weighted by Crippen LogP contribution is 2.31. The molecule has 0 saturated carbocycles. The highest BCUT2D eigenvalue weighted by molar-refractivity contribution is 5.79. The van der Waals surface area contributed by atoms with E-state index in [1.807, 2.05) is 27.7 Å². The second-order valence-electron chi connectivity index (χ2n) is 11.3. The molecule has 0 bridgehead atoms. The maximum absolute atomic E-state index is 12.7. The van der Waals surface area contributed by atoms with Crippen LogP contribution in [-0.2, 0) is 35.1 Å². The molecule has 0 aliphatic rings. The number of rotatable bonds is 13. The Hall–Kier alpha value is -2.94. The summed E-state index contributed by atoms with van der Waals surface area (Å²) in [5, 5.41) is 3.05. The van der Waals surface area contributed by atoms with Crippen molar-refractivity contribution < 1.29 is 38.1 Å². The third-order valence-electron chi connectivity index (χ3n) is 6.44. The van der Waals surface area contributed by atoms with Crippen molar-refractivity contribution in [1.82, 2.24) is 5.32 Å². The van der Waals surface area contributed by atoms with Gasteiger partial charge in [-0.2, -0.15) is 0 Å². The van der Waals surface area contributed by atoms with Crippen LogP contribution in [0.5, 0.6) is 11.5 Å². The molecule has 9 heteroatoms. The van der Waals surface area contributed by atoms with E-state index in [4.69, 9.17) is 18.9 Å². The second-order valence-corrected chi connectivity index (χ2v) is 11.3. The van der Waals surface area contributed by atoms with Crippen LogP contribution in [0.25, 0.3) is 0 Å². The minimum Gasteiger partial charge on any atom is -0.468 e. The lowest BCUT2D eigenvalue weighted by molar-refractivity contribution is -0.152. The average molecular weight is 536 g/mol. The normalized spacial score (nSPS) is 14.0. The van der Waals surface area contributed by atoms with Gasteiger partial charge in [0.2, 0.25) is 0 Å². The molecule has 1 aromatic rings. The summed E-state index contributed by atoms with van der Waals surface area (Å²) in [6.07, 6.45) is 0.195. The van der Waals surface area contributed by atoms with Gasteiger partial charge in [-0.15, -0.1) is 0 Å². The van der Waals surface area contributed by atoms with Crippen LogP contribution in [0.2, 0.25) is 0 Å². The Balaban J connectivity index is 3.13. The number of hydrogen-bond donors (Lipinski definition) is 1. The van der Waals surface area contributed by atoms with E-state index in [0.29, 0.717) is 5.56 Å². The molecule has 0 heterocycles. The summed E-state index contributed by atoms with van der Waals surface area (Å²) in [7, 11) is 1.29. The quantitative estimate of drug-likeness (QED) is 0.223. The molecule has 9 nitrogen and oxygen atoms in total. The van der Waals surface area contributed by atoms with Crippen molar-refractivity contribution in [2.75, 3.05) is 20.3 Å². The molecule has 1 aromatic carbocycles. The van der Waals surface area contributed by atoms with E-state index in [1.165, 1.54) is 7.11 Å². The predicted octanol–water partition coefficient (Wildman–Crippen LogP) is 4.34. The van der Waals surface area contributed by atoms with Gasteiger partial charge in [-0.1, -0.05) is 47.6 Å². The summed E-state index contributed by atoms with van der Waals surface area (Å²) in [5.41, 5.74) is 0.0252. The van der Waals surface area contributed by atoms with Crippen LogP contribution >= 0.6 is 0 Å². The molecule has 1 rings (SSSR count). The summed E-state index contributed by atoms with van der Waals surface area (Å²) in [6.45, 7) is 16.8. The van der Waals surface area contributed by atoms with Gasteiger partial charge in [-0.05, 0) is 56.7 Å². The number of esters is 4. The zero-order valence-electron chi connectivity index (χ0n) is 24.5. The van der Waals surface area contributed by atoms with Crippen LogP contribution in [0, 0.1) is 29.1 Å². The van der Waals surface area contributed by atoms with Gasteiger partial charge in [0.05, 0.1) is 24.4 Å². The van der Waals surface area contributed by atoms with Crippen molar-refractivity contribution in [1.29, 1.82) is 0 Å². The van der Waals surface area contributed by atoms with Crippen molar-refractivity contribution in [2.45, 2.75) is 74.8 Å². The first-order chi connectivity index (χ1) is 17.6. The van der Waals surface area contributed by atoms with Gasteiger partial charge in [-0.25, -0.2) is 0 Å². The first-order valence-corrected chi connectivity index (χ1v) is 13.1. The zero-order valence-corrected chi connectivity index (χ0v) is 24.5. The maximum Gasteiger partial charge on any atom is 0.323 e. The van der Waals surface area contributed by atoms with Crippen LogP contribution in [0.15, 0.2) is 18.2 Å². The van der Waals surface area contributed by atoms with Crippen molar-refractivity contribution >= 4 is 23.9 Å². The summed E-state index contributed by atoms with van der Waals surface area (Å²) in [6, 6.07) is 4.09. The number of carbonyl (C=O) groups is 4. The Morgan fingerprint density at radius 3 is 1.82 bits per heavy atom. The number of benzene rings is 1. The summed E-state index contributed by atoms with van der Waals surface area (Å²) < 4.78 is 21.4. The molecule has 214 valence electrons. The second kappa shape index (κ2) is 14.9.